The smallest absolute Gasteiger partial charge is 0.255 e. The zero-order chi connectivity index (χ0) is 19.6. The quantitative estimate of drug-likeness (QED) is 0.430. The Morgan fingerprint density at radius 3 is 2.29 bits per heavy atom. The van der Waals surface area contributed by atoms with Crippen molar-refractivity contribution in [3.63, 3.8) is 0 Å². The molecular formula is C21H15ClN2O2S2. The van der Waals surface area contributed by atoms with Gasteiger partial charge in [0.1, 0.15) is 0 Å². The Morgan fingerprint density at radius 1 is 0.821 bits per heavy atom. The minimum Gasteiger partial charge on any atom is -0.255 e. The number of sulfonamides is 1. The number of aromatic nitrogens is 1. The van der Waals surface area contributed by atoms with E-state index in [-0.39, 0.29) is 4.90 Å². The Labute approximate surface area is 172 Å². The number of anilines is 1. The van der Waals surface area contributed by atoms with Crippen LogP contribution in [0, 0.1) is 0 Å². The molecule has 0 aliphatic carbocycles. The molecule has 0 saturated heterocycles. The van der Waals surface area contributed by atoms with Crippen LogP contribution >= 0.6 is 22.9 Å². The number of hydrogen-bond acceptors (Lipinski definition) is 4. The number of nitrogens with one attached hydrogen (secondary N) is 1. The summed E-state index contributed by atoms with van der Waals surface area (Å²) in [6.45, 7) is 0. The van der Waals surface area contributed by atoms with Crippen molar-refractivity contribution in [3.05, 3.63) is 89.3 Å². The Balaban J connectivity index is 1.59. The molecule has 0 aliphatic rings. The van der Waals surface area contributed by atoms with Crippen LogP contribution in [0.2, 0.25) is 5.02 Å². The first-order chi connectivity index (χ1) is 13.5. The summed E-state index contributed by atoms with van der Waals surface area (Å²) in [4.78, 5) is 4.58. The molecule has 1 N–H and O–H groups in total. The van der Waals surface area contributed by atoms with Gasteiger partial charge in [0.15, 0.2) is 5.13 Å². The third kappa shape index (κ3) is 4.09. The number of halogens is 1. The molecule has 0 bridgehead atoms. The second-order valence-corrected chi connectivity index (χ2v) is 9.02. The molecule has 0 atom stereocenters. The molecule has 0 radical (unpaired) electrons. The Morgan fingerprint density at radius 2 is 1.54 bits per heavy atom. The largest absolute Gasteiger partial charge is 0.263 e. The second kappa shape index (κ2) is 7.75. The van der Waals surface area contributed by atoms with Gasteiger partial charge in [0.25, 0.3) is 10.0 Å². The van der Waals surface area contributed by atoms with Crippen LogP contribution in [0.25, 0.3) is 22.4 Å². The van der Waals surface area contributed by atoms with E-state index in [1.54, 1.807) is 30.3 Å². The van der Waals surface area contributed by atoms with Crippen LogP contribution in [0.5, 0.6) is 0 Å². The minimum absolute atomic E-state index is 0.192. The van der Waals surface area contributed by atoms with Gasteiger partial charge < -0.3 is 0 Å². The molecule has 1 aromatic heterocycles. The normalized spacial score (nSPS) is 11.3. The average Bonchev–Trinajstić information content (AvgIpc) is 3.17. The first-order valence-corrected chi connectivity index (χ1v) is 11.2. The standard InChI is InChI=1S/C21H15ClN2O2S2/c22-18-11-9-16(10-12-18)20-14-27-21(23-20)24-28(25,26)19-8-4-7-17(13-19)15-5-2-1-3-6-15/h1-14H,(H,23,24). The Hall–Kier alpha value is -2.67. The van der Waals surface area contributed by atoms with Gasteiger partial charge in [0.2, 0.25) is 0 Å². The fraction of sp³-hybridized carbons (Fsp3) is 0. The lowest BCUT2D eigenvalue weighted by Crippen LogP contribution is -2.12. The van der Waals surface area contributed by atoms with Gasteiger partial charge in [-0.3, -0.25) is 4.72 Å². The fourth-order valence-corrected chi connectivity index (χ4v) is 4.87. The van der Waals surface area contributed by atoms with E-state index >= 15 is 0 Å². The maximum atomic E-state index is 12.8. The second-order valence-electron chi connectivity index (χ2n) is 6.04. The van der Waals surface area contributed by atoms with Gasteiger partial charge in [-0.1, -0.05) is 66.2 Å². The van der Waals surface area contributed by atoms with E-state index in [9.17, 15) is 8.42 Å². The number of benzene rings is 3. The topological polar surface area (TPSA) is 59.1 Å². The van der Waals surface area contributed by atoms with Crippen molar-refractivity contribution >= 4 is 38.1 Å². The van der Waals surface area contributed by atoms with Crippen LogP contribution in [-0.2, 0) is 10.0 Å². The summed E-state index contributed by atoms with van der Waals surface area (Å²) in [5, 5.41) is 2.76. The summed E-state index contributed by atoms with van der Waals surface area (Å²) in [5.74, 6) is 0. The van der Waals surface area contributed by atoms with Crippen LogP contribution in [0.3, 0.4) is 0 Å². The molecule has 28 heavy (non-hydrogen) atoms. The highest BCUT2D eigenvalue weighted by molar-refractivity contribution is 7.93. The zero-order valence-electron chi connectivity index (χ0n) is 14.5. The predicted octanol–water partition coefficient (Wildman–Crippen LogP) is 5.93. The van der Waals surface area contributed by atoms with Gasteiger partial charge in [-0.2, -0.15) is 0 Å². The SMILES string of the molecule is O=S(=O)(Nc1nc(-c2ccc(Cl)cc2)cs1)c1cccc(-c2ccccc2)c1. The first kappa shape index (κ1) is 18.7. The molecular weight excluding hydrogens is 412 g/mol. The van der Waals surface area contributed by atoms with Gasteiger partial charge >= 0.3 is 0 Å². The molecule has 4 rings (SSSR count). The van der Waals surface area contributed by atoms with Gasteiger partial charge in [0, 0.05) is 16.0 Å². The van der Waals surface area contributed by atoms with Crippen molar-refractivity contribution in [1.82, 2.24) is 4.98 Å². The van der Waals surface area contributed by atoms with E-state index in [4.69, 9.17) is 11.6 Å². The Bertz CT molecular complexity index is 1200. The number of hydrogen-bond donors (Lipinski definition) is 1. The van der Waals surface area contributed by atoms with Crippen molar-refractivity contribution in [3.8, 4) is 22.4 Å². The summed E-state index contributed by atoms with van der Waals surface area (Å²) in [6.07, 6.45) is 0. The van der Waals surface area contributed by atoms with E-state index in [1.807, 2.05) is 53.9 Å². The molecule has 0 amide bonds. The van der Waals surface area contributed by atoms with E-state index in [1.165, 1.54) is 11.3 Å². The lowest BCUT2D eigenvalue weighted by Gasteiger charge is -2.07. The molecule has 7 heteroatoms. The van der Waals surface area contributed by atoms with Crippen molar-refractivity contribution in [2.24, 2.45) is 0 Å². The highest BCUT2D eigenvalue weighted by Crippen LogP contribution is 2.28. The number of rotatable bonds is 5. The highest BCUT2D eigenvalue weighted by atomic mass is 35.5. The molecule has 1 heterocycles. The maximum absolute atomic E-state index is 12.8. The minimum atomic E-state index is -3.74. The first-order valence-electron chi connectivity index (χ1n) is 8.41. The van der Waals surface area contributed by atoms with Crippen molar-refractivity contribution < 1.29 is 8.42 Å². The summed E-state index contributed by atoms with van der Waals surface area (Å²) >= 11 is 7.14. The van der Waals surface area contributed by atoms with Crippen LogP contribution in [0.4, 0.5) is 5.13 Å². The maximum Gasteiger partial charge on any atom is 0.263 e. The number of thiazole rings is 1. The molecule has 4 nitrogen and oxygen atoms in total. The van der Waals surface area contributed by atoms with Crippen molar-refractivity contribution in [1.29, 1.82) is 0 Å². The van der Waals surface area contributed by atoms with E-state index in [2.05, 4.69) is 9.71 Å². The molecule has 140 valence electrons. The van der Waals surface area contributed by atoms with E-state index in [0.29, 0.717) is 15.8 Å². The molecule has 0 aliphatic heterocycles. The van der Waals surface area contributed by atoms with Crippen LogP contribution < -0.4 is 4.72 Å². The monoisotopic (exact) mass is 426 g/mol. The van der Waals surface area contributed by atoms with Gasteiger partial charge in [0.05, 0.1) is 10.6 Å². The molecule has 0 saturated carbocycles. The van der Waals surface area contributed by atoms with Crippen molar-refractivity contribution in [2.45, 2.75) is 4.90 Å². The van der Waals surface area contributed by atoms with Crippen LogP contribution in [0.1, 0.15) is 0 Å². The third-order valence-electron chi connectivity index (χ3n) is 4.12. The Kier molecular flexibility index (Phi) is 5.17. The van der Waals surface area contributed by atoms with E-state index < -0.39 is 10.0 Å². The molecule has 0 unspecified atom stereocenters. The molecule has 0 spiro atoms. The predicted molar refractivity (Wildman–Crippen MR) is 115 cm³/mol. The van der Waals surface area contributed by atoms with Crippen molar-refractivity contribution in [2.75, 3.05) is 4.72 Å². The van der Waals surface area contributed by atoms with Crippen LogP contribution in [0.15, 0.2) is 89.1 Å². The fourth-order valence-electron chi connectivity index (χ4n) is 2.72. The molecule has 4 aromatic rings. The summed E-state index contributed by atoms with van der Waals surface area (Å²) < 4.78 is 28.2. The summed E-state index contributed by atoms with van der Waals surface area (Å²) in [5.41, 5.74) is 3.36. The number of nitrogens with zero attached hydrogens (tertiary/aromatic N) is 1. The summed E-state index contributed by atoms with van der Waals surface area (Å²) in [6, 6.07) is 23.7. The van der Waals surface area contributed by atoms with Gasteiger partial charge in [-0.25, -0.2) is 13.4 Å². The lowest BCUT2D eigenvalue weighted by atomic mass is 10.1. The molecule has 3 aromatic carbocycles. The summed E-state index contributed by atoms with van der Waals surface area (Å²) in [7, 11) is -3.74. The van der Waals surface area contributed by atoms with Gasteiger partial charge in [-0.15, -0.1) is 11.3 Å². The average molecular weight is 427 g/mol. The van der Waals surface area contributed by atoms with Gasteiger partial charge in [-0.05, 0) is 35.4 Å². The molecule has 0 fully saturated rings. The third-order valence-corrected chi connectivity index (χ3v) is 6.59. The van der Waals surface area contributed by atoms with Crippen LogP contribution in [-0.4, -0.2) is 13.4 Å². The van der Waals surface area contributed by atoms with E-state index in [0.717, 1.165) is 16.7 Å². The lowest BCUT2D eigenvalue weighted by molar-refractivity contribution is 0.601. The zero-order valence-corrected chi connectivity index (χ0v) is 16.9. The highest BCUT2D eigenvalue weighted by Gasteiger charge is 2.17.